The molecule has 0 aliphatic carbocycles. The van der Waals surface area contributed by atoms with Gasteiger partial charge in [0.1, 0.15) is 0 Å². The third-order valence-corrected chi connectivity index (χ3v) is 4.04. The van der Waals surface area contributed by atoms with Crippen molar-refractivity contribution in [3.05, 3.63) is 65.5 Å². The summed E-state index contributed by atoms with van der Waals surface area (Å²) < 4.78 is 5.31. The van der Waals surface area contributed by atoms with Crippen molar-refractivity contribution in [2.45, 2.75) is 19.9 Å². The van der Waals surface area contributed by atoms with Crippen molar-refractivity contribution >= 4 is 11.6 Å². The van der Waals surface area contributed by atoms with E-state index in [9.17, 15) is 4.79 Å². The number of hydrogen-bond acceptors (Lipinski definition) is 5. The topological polar surface area (TPSA) is 80.0 Å². The predicted molar refractivity (Wildman–Crippen MR) is 104 cm³/mol. The lowest BCUT2D eigenvalue weighted by atomic mass is 10.1. The van der Waals surface area contributed by atoms with Gasteiger partial charge in [0.15, 0.2) is 0 Å². The first kappa shape index (κ1) is 18.2. The first-order valence-corrected chi connectivity index (χ1v) is 8.67. The highest BCUT2D eigenvalue weighted by Crippen LogP contribution is 2.19. The van der Waals surface area contributed by atoms with Crippen LogP contribution in [0.2, 0.25) is 0 Å². The van der Waals surface area contributed by atoms with E-state index in [2.05, 4.69) is 45.8 Å². The Labute approximate surface area is 158 Å². The standard InChI is InChI=1S/C21H20N4O2/c1-3-13-22-21(26)17-7-5-6-8-18(17)23-14-19-24-20(25-27-19)16-11-9-15(4-2)10-12-16/h1,5-12,23H,4,13-14H2,2H3,(H,22,26). The predicted octanol–water partition coefficient (Wildman–Crippen LogP) is 3.27. The maximum absolute atomic E-state index is 12.2. The van der Waals surface area contributed by atoms with Crippen LogP contribution in [0.3, 0.4) is 0 Å². The molecule has 0 aliphatic rings. The number of anilines is 1. The monoisotopic (exact) mass is 360 g/mol. The Hall–Kier alpha value is -3.59. The molecule has 0 aliphatic heterocycles. The molecule has 0 saturated heterocycles. The fraction of sp³-hybridized carbons (Fsp3) is 0.190. The van der Waals surface area contributed by atoms with Crippen molar-refractivity contribution in [2.24, 2.45) is 0 Å². The Morgan fingerprint density at radius 3 is 2.70 bits per heavy atom. The van der Waals surface area contributed by atoms with E-state index in [1.165, 1.54) is 5.56 Å². The maximum Gasteiger partial charge on any atom is 0.254 e. The maximum atomic E-state index is 12.2. The van der Waals surface area contributed by atoms with Crippen molar-refractivity contribution in [2.75, 3.05) is 11.9 Å². The van der Waals surface area contributed by atoms with E-state index in [0.29, 0.717) is 29.5 Å². The lowest BCUT2D eigenvalue weighted by Gasteiger charge is -2.09. The average molecular weight is 360 g/mol. The highest BCUT2D eigenvalue weighted by molar-refractivity contribution is 5.99. The summed E-state index contributed by atoms with van der Waals surface area (Å²) in [5.41, 5.74) is 3.32. The molecule has 136 valence electrons. The molecule has 0 fully saturated rings. The van der Waals surface area contributed by atoms with Crippen LogP contribution in [0.5, 0.6) is 0 Å². The highest BCUT2D eigenvalue weighted by Gasteiger charge is 2.12. The zero-order valence-corrected chi connectivity index (χ0v) is 15.0. The third kappa shape index (κ3) is 4.53. The van der Waals surface area contributed by atoms with Gasteiger partial charge in [0.2, 0.25) is 11.7 Å². The van der Waals surface area contributed by atoms with Crippen molar-refractivity contribution in [3.8, 4) is 23.7 Å². The number of carbonyl (C=O) groups is 1. The van der Waals surface area contributed by atoms with E-state index in [0.717, 1.165) is 12.0 Å². The fourth-order valence-corrected chi connectivity index (χ4v) is 2.57. The number of aromatic nitrogens is 2. The van der Waals surface area contributed by atoms with Crippen molar-refractivity contribution in [1.82, 2.24) is 15.5 Å². The van der Waals surface area contributed by atoms with E-state index in [1.807, 2.05) is 24.3 Å². The van der Waals surface area contributed by atoms with Crippen LogP contribution in [-0.4, -0.2) is 22.6 Å². The fourth-order valence-electron chi connectivity index (χ4n) is 2.57. The molecule has 0 atom stereocenters. The second-order valence-electron chi connectivity index (χ2n) is 5.85. The number of hydrogen-bond donors (Lipinski definition) is 2. The largest absolute Gasteiger partial charge is 0.375 e. The van der Waals surface area contributed by atoms with Gasteiger partial charge in [0.25, 0.3) is 5.91 Å². The number of nitrogens with one attached hydrogen (secondary N) is 2. The first-order chi connectivity index (χ1) is 13.2. The lowest BCUT2D eigenvalue weighted by Crippen LogP contribution is -2.24. The summed E-state index contributed by atoms with van der Waals surface area (Å²) in [7, 11) is 0. The molecule has 0 spiro atoms. The van der Waals surface area contributed by atoms with Gasteiger partial charge in [-0.2, -0.15) is 4.98 Å². The van der Waals surface area contributed by atoms with Gasteiger partial charge < -0.3 is 15.2 Å². The normalized spacial score (nSPS) is 10.2. The summed E-state index contributed by atoms with van der Waals surface area (Å²) in [6.07, 6.45) is 6.17. The van der Waals surface area contributed by atoms with E-state index in [4.69, 9.17) is 10.9 Å². The van der Waals surface area contributed by atoms with Crippen molar-refractivity contribution in [3.63, 3.8) is 0 Å². The Balaban J connectivity index is 1.68. The van der Waals surface area contributed by atoms with Crippen LogP contribution in [0.25, 0.3) is 11.4 Å². The molecule has 2 aromatic carbocycles. The van der Waals surface area contributed by atoms with Crippen molar-refractivity contribution in [1.29, 1.82) is 0 Å². The SMILES string of the molecule is C#CCNC(=O)c1ccccc1NCc1nc(-c2ccc(CC)cc2)no1. The van der Waals surface area contributed by atoms with Gasteiger partial charge in [-0.05, 0) is 24.1 Å². The van der Waals surface area contributed by atoms with Crippen LogP contribution < -0.4 is 10.6 Å². The number of amides is 1. The zero-order valence-electron chi connectivity index (χ0n) is 15.0. The second-order valence-corrected chi connectivity index (χ2v) is 5.85. The Morgan fingerprint density at radius 2 is 1.96 bits per heavy atom. The van der Waals surface area contributed by atoms with Crippen LogP contribution in [0.15, 0.2) is 53.1 Å². The Bertz CT molecular complexity index is 955. The molecule has 6 heteroatoms. The van der Waals surface area contributed by atoms with Crippen LogP contribution in [0.4, 0.5) is 5.69 Å². The molecule has 0 unspecified atom stereocenters. The molecule has 27 heavy (non-hydrogen) atoms. The van der Waals surface area contributed by atoms with Gasteiger partial charge in [-0.25, -0.2) is 0 Å². The number of aryl methyl sites for hydroxylation is 1. The number of rotatable bonds is 7. The molecular formula is C21H20N4O2. The molecule has 6 nitrogen and oxygen atoms in total. The molecule has 3 aromatic rings. The summed E-state index contributed by atoms with van der Waals surface area (Å²) >= 11 is 0. The minimum absolute atomic E-state index is 0.178. The van der Waals surface area contributed by atoms with Gasteiger partial charge in [0, 0.05) is 11.3 Å². The van der Waals surface area contributed by atoms with Gasteiger partial charge in [0.05, 0.1) is 18.7 Å². The molecule has 0 saturated carbocycles. The van der Waals surface area contributed by atoms with E-state index in [1.54, 1.807) is 12.1 Å². The zero-order chi connectivity index (χ0) is 19.1. The molecule has 0 radical (unpaired) electrons. The minimum Gasteiger partial charge on any atom is -0.375 e. The Kier molecular flexibility index (Phi) is 5.85. The third-order valence-electron chi connectivity index (χ3n) is 4.04. The molecule has 3 rings (SSSR count). The number of nitrogens with zero attached hydrogens (tertiary/aromatic N) is 2. The van der Waals surface area contributed by atoms with E-state index < -0.39 is 0 Å². The Morgan fingerprint density at radius 1 is 1.19 bits per heavy atom. The minimum atomic E-state index is -0.238. The molecular weight excluding hydrogens is 340 g/mol. The number of para-hydroxylation sites is 1. The molecule has 2 N–H and O–H groups in total. The summed E-state index contributed by atoms with van der Waals surface area (Å²) in [5, 5.41) is 9.84. The van der Waals surface area contributed by atoms with Gasteiger partial charge >= 0.3 is 0 Å². The van der Waals surface area contributed by atoms with Crippen LogP contribution in [0, 0.1) is 12.3 Å². The highest BCUT2D eigenvalue weighted by atomic mass is 16.5. The van der Waals surface area contributed by atoms with Crippen molar-refractivity contribution < 1.29 is 9.32 Å². The van der Waals surface area contributed by atoms with Crippen LogP contribution in [-0.2, 0) is 13.0 Å². The van der Waals surface area contributed by atoms with Gasteiger partial charge in [-0.1, -0.05) is 54.4 Å². The first-order valence-electron chi connectivity index (χ1n) is 8.67. The van der Waals surface area contributed by atoms with Crippen LogP contribution in [0.1, 0.15) is 28.7 Å². The second kappa shape index (κ2) is 8.68. The summed E-state index contributed by atoms with van der Waals surface area (Å²) in [4.78, 5) is 16.6. The number of benzene rings is 2. The summed E-state index contributed by atoms with van der Waals surface area (Å²) in [6.45, 7) is 2.59. The lowest BCUT2D eigenvalue weighted by molar-refractivity contribution is 0.0959. The molecule has 1 heterocycles. The summed E-state index contributed by atoms with van der Waals surface area (Å²) in [6, 6.07) is 15.2. The van der Waals surface area contributed by atoms with Gasteiger partial charge in [-0.3, -0.25) is 4.79 Å². The molecule has 1 amide bonds. The van der Waals surface area contributed by atoms with E-state index in [-0.39, 0.29) is 12.5 Å². The molecule has 1 aromatic heterocycles. The van der Waals surface area contributed by atoms with Crippen LogP contribution >= 0.6 is 0 Å². The summed E-state index contributed by atoms with van der Waals surface area (Å²) in [5.74, 6) is 3.12. The number of carbonyl (C=O) groups excluding carboxylic acids is 1. The van der Waals surface area contributed by atoms with Gasteiger partial charge in [-0.15, -0.1) is 6.42 Å². The molecule has 0 bridgehead atoms. The number of terminal acetylenes is 1. The quantitative estimate of drug-likeness (QED) is 0.632. The average Bonchev–Trinajstić information content (AvgIpc) is 3.20. The van der Waals surface area contributed by atoms with E-state index >= 15 is 0 Å². The smallest absolute Gasteiger partial charge is 0.254 e.